The Morgan fingerprint density at radius 3 is 2.63 bits per heavy atom. The van der Waals surface area contributed by atoms with E-state index in [4.69, 9.17) is 9.47 Å². The van der Waals surface area contributed by atoms with Crippen molar-refractivity contribution in [1.82, 2.24) is 4.98 Å². The number of pyridine rings is 1. The van der Waals surface area contributed by atoms with Crippen molar-refractivity contribution in [1.29, 1.82) is 0 Å². The Morgan fingerprint density at radius 2 is 1.83 bits per heavy atom. The minimum Gasteiger partial charge on any atom is -0.462 e. The molecular formula is C23H25N2O5+. The standard InChI is InChI=1S/C23H24N2O5/c1-11-16-9-25(3)7-6-14(16)12(2)20-19(11)15-8-13(4-5-17(15)24-20)30-23-22(28)21(27)18(26)10-29-23/h4-9,18,21-23,26-28H,10H2,1-3H3/p+1/t18-,21-,22+,23?/m0/s1. The Bertz CT molecular complexity index is 1280. The monoisotopic (exact) mass is 409 g/mol. The maximum atomic E-state index is 10.2. The third-order valence-electron chi connectivity index (χ3n) is 6.13. The summed E-state index contributed by atoms with van der Waals surface area (Å²) in [4.78, 5) is 3.53. The second-order valence-corrected chi connectivity index (χ2v) is 8.14. The van der Waals surface area contributed by atoms with Gasteiger partial charge in [0.25, 0.3) is 0 Å². The topological polar surface area (TPSA) is 98.8 Å². The molecule has 5 rings (SSSR count). The molecule has 1 aliphatic rings. The Labute approximate surface area is 173 Å². The van der Waals surface area contributed by atoms with Gasteiger partial charge in [0.15, 0.2) is 12.4 Å². The van der Waals surface area contributed by atoms with E-state index < -0.39 is 24.6 Å². The summed E-state index contributed by atoms with van der Waals surface area (Å²) in [6.45, 7) is 4.14. The first-order chi connectivity index (χ1) is 14.3. The average Bonchev–Trinajstić information content (AvgIpc) is 3.11. The van der Waals surface area contributed by atoms with Gasteiger partial charge in [0.05, 0.1) is 12.1 Å². The third kappa shape index (κ3) is 2.86. The van der Waals surface area contributed by atoms with Gasteiger partial charge in [-0.15, -0.1) is 0 Å². The number of fused-ring (bicyclic) bond motifs is 4. The molecule has 7 heteroatoms. The average molecular weight is 409 g/mol. The van der Waals surface area contributed by atoms with Crippen LogP contribution in [0.15, 0.2) is 36.7 Å². The van der Waals surface area contributed by atoms with E-state index in [2.05, 4.69) is 37.3 Å². The number of hydrogen-bond acceptors (Lipinski definition) is 5. The molecule has 1 saturated heterocycles. The number of nitrogens with one attached hydrogen (secondary N) is 1. The fourth-order valence-corrected chi connectivity index (χ4v) is 4.43. The van der Waals surface area contributed by atoms with Crippen molar-refractivity contribution in [2.24, 2.45) is 7.05 Å². The molecule has 0 amide bonds. The van der Waals surface area contributed by atoms with Gasteiger partial charge in [-0.3, -0.25) is 0 Å². The number of aliphatic hydroxyl groups excluding tert-OH is 3. The van der Waals surface area contributed by atoms with Gasteiger partial charge in [-0.05, 0) is 48.6 Å². The Kier molecular flexibility index (Phi) is 4.44. The number of ether oxygens (including phenoxy) is 2. The predicted molar refractivity (Wildman–Crippen MR) is 112 cm³/mol. The maximum absolute atomic E-state index is 10.2. The van der Waals surface area contributed by atoms with Crippen molar-refractivity contribution < 1.29 is 29.4 Å². The fraction of sp³-hybridized carbons (Fsp3) is 0.348. The van der Waals surface area contributed by atoms with Crippen LogP contribution in [0, 0.1) is 13.8 Å². The van der Waals surface area contributed by atoms with Crippen LogP contribution in [-0.4, -0.2) is 51.5 Å². The van der Waals surface area contributed by atoms with Crippen LogP contribution in [0.5, 0.6) is 5.75 Å². The number of benzene rings is 2. The van der Waals surface area contributed by atoms with E-state index in [0.29, 0.717) is 5.75 Å². The smallest absolute Gasteiger partial charge is 0.228 e. The molecule has 4 atom stereocenters. The van der Waals surface area contributed by atoms with E-state index in [9.17, 15) is 15.3 Å². The molecule has 4 N–H and O–H groups in total. The minimum absolute atomic E-state index is 0.0977. The molecule has 0 radical (unpaired) electrons. The first-order valence-corrected chi connectivity index (χ1v) is 10.0. The van der Waals surface area contributed by atoms with Crippen LogP contribution < -0.4 is 9.30 Å². The molecular weight excluding hydrogens is 384 g/mol. The summed E-state index contributed by atoms with van der Waals surface area (Å²) in [6.07, 6.45) is -0.631. The number of aryl methyl sites for hydroxylation is 3. The zero-order valence-corrected chi connectivity index (χ0v) is 17.1. The van der Waals surface area contributed by atoms with Crippen molar-refractivity contribution in [3.8, 4) is 5.75 Å². The zero-order valence-electron chi connectivity index (χ0n) is 17.1. The summed E-state index contributed by atoms with van der Waals surface area (Å²) in [5.74, 6) is 0.520. The maximum Gasteiger partial charge on any atom is 0.228 e. The number of aromatic amines is 1. The number of nitrogens with zero attached hydrogens (tertiary/aromatic N) is 1. The largest absolute Gasteiger partial charge is 0.462 e. The SMILES string of the molecule is Cc1c2cc[n+](C)cc2c(C)c2c1[nH]c1ccc(OC3OC[C@H](O)[C@H](O)[C@H]3O)cc12. The molecule has 0 spiro atoms. The second kappa shape index (κ2) is 6.92. The molecule has 7 nitrogen and oxygen atoms in total. The van der Waals surface area contributed by atoms with Gasteiger partial charge in [-0.2, -0.15) is 0 Å². The summed E-state index contributed by atoms with van der Waals surface area (Å²) >= 11 is 0. The highest BCUT2D eigenvalue weighted by Crippen LogP contribution is 2.37. The number of aromatic nitrogens is 2. The molecule has 3 heterocycles. The van der Waals surface area contributed by atoms with Crippen molar-refractivity contribution >= 4 is 32.6 Å². The third-order valence-corrected chi connectivity index (χ3v) is 6.13. The molecule has 2 aromatic heterocycles. The minimum atomic E-state index is -1.33. The lowest BCUT2D eigenvalue weighted by atomic mass is 9.97. The molecule has 0 saturated carbocycles. The van der Waals surface area contributed by atoms with Crippen molar-refractivity contribution in [3.63, 3.8) is 0 Å². The van der Waals surface area contributed by atoms with Crippen molar-refractivity contribution in [3.05, 3.63) is 47.8 Å². The zero-order chi connectivity index (χ0) is 21.2. The number of H-pyrrole nitrogens is 1. The van der Waals surface area contributed by atoms with Gasteiger partial charge in [-0.1, -0.05) is 0 Å². The van der Waals surface area contributed by atoms with Gasteiger partial charge >= 0.3 is 0 Å². The second-order valence-electron chi connectivity index (χ2n) is 8.14. The van der Waals surface area contributed by atoms with Crippen molar-refractivity contribution in [2.45, 2.75) is 38.4 Å². The molecule has 0 bridgehead atoms. The fourth-order valence-electron chi connectivity index (χ4n) is 4.43. The van der Waals surface area contributed by atoms with Gasteiger partial charge < -0.3 is 29.8 Å². The first kappa shape index (κ1) is 19.3. The van der Waals surface area contributed by atoms with Crippen LogP contribution in [0.2, 0.25) is 0 Å². The summed E-state index contributed by atoms with van der Waals surface area (Å²) in [7, 11) is 2.01. The summed E-state index contributed by atoms with van der Waals surface area (Å²) in [6, 6.07) is 7.80. The normalized spacial score (nSPS) is 24.7. The molecule has 156 valence electrons. The van der Waals surface area contributed by atoms with Crippen LogP contribution >= 0.6 is 0 Å². The van der Waals surface area contributed by atoms with Crippen LogP contribution in [0.3, 0.4) is 0 Å². The lowest BCUT2D eigenvalue weighted by Crippen LogP contribution is -2.54. The molecule has 1 aliphatic heterocycles. The summed E-state index contributed by atoms with van der Waals surface area (Å²) in [5, 5.41) is 34.3. The predicted octanol–water partition coefficient (Wildman–Crippen LogP) is 1.73. The number of hydrogen-bond donors (Lipinski definition) is 4. The van der Waals surface area contributed by atoms with Crippen LogP contribution in [-0.2, 0) is 11.8 Å². The first-order valence-electron chi connectivity index (χ1n) is 10.0. The van der Waals surface area contributed by atoms with Gasteiger partial charge in [0.2, 0.25) is 6.29 Å². The number of aliphatic hydroxyl groups is 3. The molecule has 1 unspecified atom stereocenters. The van der Waals surface area contributed by atoms with Crippen molar-refractivity contribution in [2.75, 3.05) is 6.61 Å². The van der Waals surface area contributed by atoms with Crippen LogP contribution in [0.1, 0.15) is 11.1 Å². The molecule has 4 aromatic rings. The summed E-state index contributed by atoms with van der Waals surface area (Å²) < 4.78 is 13.3. The van der Waals surface area contributed by atoms with E-state index in [1.54, 1.807) is 6.07 Å². The van der Waals surface area contributed by atoms with Gasteiger partial charge in [-0.25, -0.2) is 4.57 Å². The lowest BCUT2D eigenvalue weighted by Gasteiger charge is -2.34. The molecule has 2 aromatic carbocycles. The quantitative estimate of drug-likeness (QED) is 0.378. The highest BCUT2D eigenvalue weighted by molar-refractivity contribution is 6.16. The van der Waals surface area contributed by atoms with E-state index in [1.165, 1.54) is 21.9 Å². The Hall–Kier alpha value is -2.71. The van der Waals surface area contributed by atoms with Gasteiger partial charge in [0.1, 0.15) is 31.1 Å². The van der Waals surface area contributed by atoms with Crippen LogP contribution in [0.25, 0.3) is 32.6 Å². The highest BCUT2D eigenvalue weighted by Gasteiger charge is 2.39. The molecule has 30 heavy (non-hydrogen) atoms. The van der Waals surface area contributed by atoms with Gasteiger partial charge in [0, 0.05) is 27.7 Å². The Balaban J connectivity index is 1.63. The number of rotatable bonds is 2. The van der Waals surface area contributed by atoms with E-state index in [0.717, 1.165) is 21.8 Å². The Morgan fingerprint density at radius 1 is 1.03 bits per heavy atom. The lowest BCUT2D eigenvalue weighted by molar-refractivity contribution is -0.670. The van der Waals surface area contributed by atoms with E-state index in [1.807, 2.05) is 23.7 Å². The molecule has 0 aliphatic carbocycles. The molecule has 1 fully saturated rings. The highest BCUT2D eigenvalue weighted by atomic mass is 16.7. The van der Waals surface area contributed by atoms with E-state index >= 15 is 0 Å². The summed E-state index contributed by atoms with van der Waals surface area (Å²) in [5.41, 5.74) is 4.45. The van der Waals surface area contributed by atoms with Crippen LogP contribution in [0.4, 0.5) is 0 Å². The van der Waals surface area contributed by atoms with E-state index in [-0.39, 0.29) is 6.61 Å².